The SMILES string of the molecule is CC(C)CC1(O)CCN(C(=O)Nc2cc(Oc3ccc(F)cc3)cc(C(=O)OC3C=CC(C(C)(C)C(=O)O)=CC3)c2)CC1. The third kappa shape index (κ3) is 8.22. The van der Waals surface area contributed by atoms with Gasteiger partial charge in [0, 0.05) is 31.3 Å². The van der Waals surface area contributed by atoms with E-state index in [0.29, 0.717) is 61.7 Å². The van der Waals surface area contributed by atoms with Gasteiger partial charge in [0.1, 0.15) is 23.4 Å². The topological polar surface area (TPSA) is 125 Å². The van der Waals surface area contributed by atoms with Crippen LogP contribution >= 0.6 is 0 Å². The van der Waals surface area contributed by atoms with E-state index in [1.807, 2.05) is 0 Å². The number of amides is 2. The second-order valence-electron chi connectivity index (χ2n) is 12.2. The van der Waals surface area contributed by atoms with Crippen molar-refractivity contribution < 1.29 is 38.5 Å². The number of hydrogen-bond acceptors (Lipinski definition) is 6. The Morgan fingerprint density at radius 3 is 2.35 bits per heavy atom. The first-order valence-electron chi connectivity index (χ1n) is 14.4. The van der Waals surface area contributed by atoms with Gasteiger partial charge in [-0.25, -0.2) is 14.0 Å². The summed E-state index contributed by atoms with van der Waals surface area (Å²) in [6.45, 7) is 8.10. The molecule has 10 heteroatoms. The van der Waals surface area contributed by atoms with Gasteiger partial charge in [0.2, 0.25) is 0 Å². The number of hydrogen-bond donors (Lipinski definition) is 3. The molecule has 0 saturated carbocycles. The zero-order valence-electron chi connectivity index (χ0n) is 24.9. The smallest absolute Gasteiger partial charge is 0.338 e. The van der Waals surface area contributed by atoms with E-state index >= 15 is 0 Å². The molecule has 2 aliphatic rings. The van der Waals surface area contributed by atoms with Crippen molar-refractivity contribution in [3.05, 3.63) is 77.6 Å². The van der Waals surface area contributed by atoms with Crippen LogP contribution < -0.4 is 10.1 Å². The lowest BCUT2D eigenvalue weighted by atomic mass is 9.81. The number of carbonyl (C=O) groups excluding carboxylic acids is 2. The molecule has 1 unspecified atom stereocenters. The predicted molar refractivity (Wildman–Crippen MR) is 160 cm³/mol. The molecule has 0 spiro atoms. The summed E-state index contributed by atoms with van der Waals surface area (Å²) in [5, 5.41) is 23.2. The number of anilines is 1. The van der Waals surface area contributed by atoms with Crippen LogP contribution in [0, 0.1) is 17.2 Å². The second kappa shape index (κ2) is 13.0. The molecule has 43 heavy (non-hydrogen) atoms. The van der Waals surface area contributed by atoms with Gasteiger partial charge < -0.3 is 29.9 Å². The molecule has 1 fully saturated rings. The molecular formula is C33H39FN2O7. The first kappa shape index (κ1) is 31.7. The van der Waals surface area contributed by atoms with Crippen molar-refractivity contribution in [2.75, 3.05) is 18.4 Å². The third-order valence-electron chi connectivity index (χ3n) is 7.79. The number of allylic oxidation sites excluding steroid dienone is 1. The van der Waals surface area contributed by atoms with E-state index in [4.69, 9.17) is 9.47 Å². The summed E-state index contributed by atoms with van der Waals surface area (Å²) < 4.78 is 25.0. The van der Waals surface area contributed by atoms with E-state index in [2.05, 4.69) is 19.2 Å². The van der Waals surface area contributed by atoms with E-state index in [0.717, 1.165) is 0 Å². The zero-order chi connectivity index (χ0) is 31.4. The van der Waals surface area contributed by atoms with Crippen LogP contribution in [0.1, 0.15) is 63.7 Å². The maximum absolute atomic E-state index is 13.4. The molecular weight excluding hydrogens is 555 g/mol. The first-order chi connectivity index (χ1) is 20.2. The Balaban J connectivity index is 1.49. The van der Waals surface area contributed by atoms with E-state index in [-0.39, 0.29) is 17.3 Å². The summed E-state index contributed by atoms with van der Waals surface area (Å²) >= 11 is 0. The number of likely N-dealkylation sites (tertiary alicyclic amines) is 1. The van der Waals surface area contributed by atoms with Gasteiger partial charge >= 0.3 is 18.0 Å². The Bertz CT molecular complexity index is 1410. The van der Waals surface area contributed by atoms with Crippen molar-refractivity contribution >= 4 is 23.7 Å². The van der Waals surface area contributed by atoms with Crippen LogP contribution in [-0.2, 0) is 9.53 Å². The van der Waals surface area contributed by atoms with Crippen LogP contribution in [0.5, 0.6) is 11.5 Å². The summed E-state index contributed by atoms with van der Waals surface area (Å²) in [5.74, 6) is -1.15. The molecule has 1 aliphatic carbocycles. The van der Waals surface area contributed by atoms with Crippen LogP contribution in [0.25, 0.3) is 0 Å². The fraction of sp³-hybridized carbons (Fsp3) is 0.424. The Morgan fingerprint density at radius 2 is 1.77 bits per heavy atom. The molecule has 0 radical (unpaired) electrons. The van der Waals surface area contributed by atoms with Gasteiger partial charge in [0.25, 0.3) is 0 Å². The van der Waals surface area contributed by atoms with Gasteiger partial charge in [0.05, 0.1) is 16.6 Å². The summed E-state index contributed by atoms with van der Waals surface area (Å²) in [5.41, 5.74) is -0.838. The number of carbonyl (C=O) groups is 3. The standard InChI is InChI=1S/C33H39FN2O7/c1-21(2)20-33(41)13-15-36(16-14-33)31(40)35-25-17-22(18-28(19-25)42-26-11-7-24(34)8-12-26)29(37)43-27-9-5-23(6-10-27)32(3,4)30(38)39/h5-9,11-12,17-19,21,27,41H,10,13-16,20H2,1-4H3,(H,35,40)(H,38,39). The highest BCUT2D eigenvalue weighted by Crippen LogP contribution is 2.33. The number of ether oxygens (including phenoxy) is 2. The van der Waals surface area contributed by atoms with Crippen molar-refractivity contribution in [1.29, 1.82) is 0 Å². The number of rotatable bonds is 9. The minimum atomic E-state index is -1.08. The number of aliphatic hydroxyl groups is 1. The minimum absolute atomic E-state index is 0.119. The fourth-order valence-corrected chi connectivity index (χ4v) is 5.26. The number of nitrogens with one attached hydrogen (secondary N) is 1. The van der Waals surface area contributed by atoms with Gasteiger partial charge in [-0.1, -0.05) is 26.0 Å². The maximum Gasteiger partial charge on any atom is 0.338 e. The number of piperidine rings is 1. The number of nitrogens with zero attached hydrogens (tertiary/aromatic N) is 1. The largest absolute Gasteiger partial charge is 0.481 e. The van der Waals surface area contributed by atoms with E-state index in [1.165, 1.54) is 36.4 Å². The van der Waals surface area contributed by atoms with Crippen LogP contribution in [0.15, 0.2) is 66.3 Å². The molecule has 0 bridgehead atoms. The average molecular weight is 595 g/mol. The molecule has 2 aromatic carbocycles. The highest BCUT2D eigenvalue weighted by atomic mass is 19.1. The lowest BCUT2D eigenvalue weighted by Crippen LogP contribution is -2.48. The van der Waals surface area contributed by atoms with Crippen LogP contribution in [-0.4, -0.2) is 57.9 Å². The van der Waals surface area contributed by atoms with Crippen molar-refractivity contribution in [1.82, 2.24) is 4.90 Å². The Hall–Kier alpha value is -4.18. The predicted octanol–water partition coefficient (Wildman–Crippen LogP) is 6.55. The number of halogens is 1. The normalized spacial score (nSPS) is 18.2. The molecule has 0 aromatic heterocycles. The minimum Gasteiger partial charge on any atom is -0.481 e. The highest BCUT2D eigenvalue weighted by Gasteiger charge is 2.35. The summed E-state index contributed by atoms with van der Waals surface area (Å²) in [4.78, 5) is 39.6. The number of esters is 1. The monoisotopic (exact) mass is 594 g/mol. The number of benzene rings is 2. The van der Waals surface area contributed by atoms with E-state index in [1.54, 1.807) is 43.0 Å². The second-order valence-corrected chi connectivity index (χ2v) is 12.2. The summed E-state index contributed by atoms with van der Waals surface area (Å²) in [7, 11) is 0. The molecule has 1 atom stereocenters. The molecule has 3 N–H and O–H groups in total. The lowest BCUT2D eigenvalue weighted by molar-refractivity contribution is -0.144. The number of aliphatic carboxylic acids is 1. The van der Waals surface area contributed by atoms with Crippen molar-refractivity contribution in [2.45, 2.75) is 65.1 Å². The Labute approximate surface area is 251 Å². The van der Waals surface area contributed by atoms with Crippen LogP contribution in [0.2, 0.25) is 0 Å². The molecule has 230 valence electrons. The quantitative estimate of drug-likeness (QED) is 0.281. The van der Waals surface area contributed by atoms with Gasteiger partial charge in [0.15, 0.2) is 0 Å². The summed E-state index contributed by atoms with van der Waals surface area (Å²) in [6, 6.07) is 9.51. The lowest BCUT2D eigenvalue weighted by Gasteiger charge is -2.39. The Morgan fingerprint density at radius 1 is 1.09 bits per heavy atom. The van der Waals surface area contributed by atoms with Gasteiger partial charge in [-0.2, -0.15) is 0 Å². The van der Waals surface area contributed by atoms with Crippen LogP contribution in [0.4, 0.5) is 14.9 Å². The van der Waals surface area contributed by atoms with Crippen LogP contribution in [0.3, 0.4) is 0 Å². The maximum atomic E-state index is 13.4. The van der Waals surface area contributed by atoms with Crippen molar-refractivity contribution in [2.24, 2.45) is 11.3 Å². The van der Waals surface area contributed by atoms with E-state index < -0.39 is 34.9 Å². The van der Waals surface area contributed by atoms with Crippen molar-refractivity contribution in [3.8, 4) is 11.5 Å². The molecule has 1 heterocycles. The Kier molecular flexibility index (Phi) is 9.59. The van der Waals surface area contributed by atoms with Gasteiger partial charge in [-0.05, 0) is 87.1 Å². The zero-order valence-corrected chi connectivity index (χ0v) is 24.9. The number of carboxylic acid groups (broad SMARTS) is 1. The highest BCUT2D eigenvalue weighted by molar-refractivity contribution is 5.95. The van der Waals surface area contributed by atoms with Gasteiger partial charge in [-0.3, -0.25) is 4.79 Å². The number of urea groups is 1. The van der Waals surface area contributed by atoms with Gasteiger partial charge in [-0.15, -0.1) is 0 Å². The number of carboxylic acids is 1. The fourth-order valence-electron chi connectivity index (χ4n) is 5.26. The molecule has 1 saturated heterocycles. The molecule has 2 amide bonds. The molecule has 2 aromatic rings. The van der Waals surface area contributed by atoms with E-state index in [9.17, 15) is 29.0 Å². The average Bonchev–Trinajstić information content (AvgIpc) is 2.94. The summed E-state index contributed by atoms with van der Waals surface area (Å²) in [6.07, 6.45) is 6.35. The molecule has 1 aliphatic heterocycles. The molecule has 9 nitrogen and oxygen atoms in total. The van der Waals surface area contributed by atoms with Crippen molar-refractivity contribution in [3.63, 3.8) is 0 Å². The molecule has 4 rings (SSSR count). The first-order valence-corrected chi connectivity index (χ1v) is 14.4. The third-order valence-corrected chi connectivity index (χ3v) is 7.79.